The zero-order chi connectivity index (χ0) is 17.9. The largest absolute Gasteiger partial charge is 0.389 e. The number of nitrogens with one attached hydrogen (secondary N) is 1. The first-order valence-corrected chi connectivity index (χ1v) is 9.56. The number of sulfonamides is 1. The van der Waals surface area contributed by atoms with Crippen molar-refractivity contribution in [2.24, 2.45) is 0 Å². The normalized spacial score (nSPS) is 24.5. The van der Waals surface area contributed by atoms with E-state index in [9.17, 15) is 18.6 Å². The SMILES string of the molecule is O=S(=O)(c1ccccc1)N1C[C@@H](O)[C@](O)(CNCc2ccccc2)C1. The Bertz CT molecular complexity index is 798. The van der Waals surface area contributed by atoms with Crippen molar-refractivity contribution in [2.75, 3.05) is 19.6 Å². The molecular weight excluding hydrogens is 340 g/mol. The van der Waals surface area contributed by atoms with Crippen LogP contribution in [0.1, 0.15) is 5.56 Å². The van der Waals surface area contributed by atoms with E-state index in [1.807, 2.05) is 30.3 Å². The Morgan fingerprint density at radius 3 is 2.32 bits per heavy atom. The first-order chi connectivity index (χ1) is 11.9. The van der Waals surface area contributed by atoms with Crippen LogP contribution in [0.3, 0.4) is 0 Å². The van der Waals surface area contributed by atoms with Crippen molar-refractivity contribution >= 4 is 10.0 Å². The van der Waals surface area contributed by atoms with Gasteiger partial charge in [-0.15, -0.1) is 0 Å². The molecule has 0 unspecified atom stereocenters. The predicted molar refractivity (Wildman–Crippen MR) is 94.3 cm³/mol. The van der Waals surface area contributed by atoms with Gasteiger partial charge in [0.1, 0.15) is 5.60 Å². The van der Waals surface area contributed by atoms with E-state index in [4.69, 9.17) is 0 Å². The average Bonchev–Trinajstić information content (AvgIpc) is 2.92. The number of β-amino-alcohol motifs (C(OH)–C–C–N with tert-alkyl or cyclic N) is 2. The molecule has 0 amide bonds. The lowest BCUT2D eigenvalue weighted by Crippen LogP contribution is -2.50. The first-order valence-electron chi connectivity index (χ1n) is 8.12. The number of nitrogens with zero attached hydrogens (tertiary/aromatic N) is 1. The molecule has 7 heteroatoms. The lowest BCUT2D eigenvalue weighted by Gasteiger charge is -2.26. The van der Waals surface area contributed by atoms with Crippen LogP contribution in [0, 0.1) is 0 Å². The third-order valence-electron chi connectivity index (χ3n) is 4.43. The summed E-state index contributed by atoms with van der Waals surface area (Å²) >= 11 is 0. The Labute approximate surface area is 147 Å². The summed E-state index contributed by atoms with van der Waals surface area (Å²) in [5, 5.41) is 24.0. The summed E-state index contributed by atoms with van der Waals surface area (Å²) in [5.41, 5.74) is -0.469. The fraction of sp³-hybridized carbons (Fsp3) is 0.333. The second-order valence-corrected chi connectivity index (χ2v) is 8.26. The summed E-state index contributed by atoms with van der Waals surface area (Å²) in [6.45, 7) is 0.360. The molecule has 6 nitrogen and oxygen atoms in total. The first kappa shape index (κ1) is 18.0. The monoisotopic (exact) mass is 362 g/mol. The van der Waals surface area contributed by atoms with Gasteiger partial charge in [-0.25, -0.2) is 8.42 Å². The Hall–Kier alpha value is -1.77. The second kappa shape index (κ2) is 7.23. The highest BCUT2D eigenvalue weighted by atomic mass is 32.2. The smallest absolute Gasteiger partial charge is 0.243 e. The van der Waals surface area contributed by atoms with Crippen molar-refractivity contribution in [3.05, 3.63) is 66.2 Å². The van der Waals surface area contributed by atoms with Gasteiger partial charge in [0.05, 0.1) is 11.0 Å². The van der Waals surface area contributed by atoms with Crippen LogP contribution in [0.25, 0.3) is 0 Å². The molecule has 0 aliphatic carbocycles. The van der Waals surface area contributed by atoms with E-state index in [1.165, 1.54) is 12.1 Å². The summed E-state index contributed by atoms with van der Waals surface area (Å²) in [4.78, 5) is 0.156. The highest BCUT2D eigenvalue weighted by Gasteiger charge is 2.48. The lowest BCUT2D eigenvalue weighted by molar-refractivity contribution is -0.0384. The number of benzene rings is 2. The summed E-state index contributed by atoms with van der Waals surface area (Å²) in [6.07, 6.45) is -1.14. The van der Waals surface area contributed by atoms with E-state index in [2.05, 4.69) is 5.32 Å². The van der Waals surface area contributed by atoms with Gasteiger partial charge in [0.15, 0.2) is 0 Å². The molecule has 0 aromatic heterocycles. The van der Waals surface area contributed by atoms with Crippen molar-refractivity contribution in [3.8, 4) is 0 Å². The Morgan fingerprint density at radius 1 is 1.08 bits per heavy atom. The quantitative estimate of drug-likeness (QED) is 0.699. The Morgan fingerprint density at radius 2 is 1.68 bits per heavy atom. The molecule has 0 saturated carbocycles. The van der Waals surface area contributed by atoms with Gasteiger partial charge in [-0.3, -0.25) is 0 Å². The molecule has 1 saturated heterocycles. The fourth-order valence-corrected chi connectivity index (χ4v) is 4.49. The molecule has 1 fully saturated rings. The van der Waals surface area contributed by atoms with E-state index in [1.54, 1.807) is 18.2 Å². The minimum absolute atomic E-state index is 0.101. The molecule has 3 rings (SSSR count). The summed E-state index contributed by atoms with van der Waals surface area (Å²) in [5.74, 6) is 0. The second-order valence-electron chi connectivity index (χ2n) is 6.32. The molecule has 2 aromatic carbocycles. The van der Waals surface area contributed by atoms with Crippen molar-refractivity contribution in [3.63, 3.8) is 0 Å². The van der Waals surface area contributed by atoms with Crippen molar-refractivity contribution in [1.29, 1.82) is 0 Å². The highest BCUT2D eigenvalue weighted by Crippen LogP contribution is 2.27. The van der Waals surface area contributed by atoms with Crippen LogP contribution in [-0.2, 0) is 16.6 Å². The average molecular weight is 362 g/mol. The lowest BCUT2D eigenvalue weighted by atomic mass is 10.0. The van der Waals surface area contributed by atoms with Crippen molar-refractivity contribution in [1.82, 2.24) is 9.62 Å². The molecule has 0 radical (unpaired) electrons. The number of hydrogen-bond acceptors (Lipinski definition) is 5. The highest BCUT2D eigenvalue weighted by molar-refractivity contribution is 7.89. The maximum Gasteiger partial charge on any atom is 0.243 e. The van der Waals surface area contributed by atoms with Gasteiger partial charge in [-0.05, 0) is 17.7 Å². The van der Waals surface area contributed by atoms with Gasteiger partial charge in [-0.1, -0.05) is 48.5 Å². The van der Waals surface area contributed by atoms with Crippen LogP contribution in [-0.4, -0.2) is 54.3 Å². The number of aliphatic hydroxyl groups excluding tert-OH is 1. The van der Waals surface area contributed by atoms with Crippen LogP contribution >= 0.6 is 0 Å². The zero-order valence-electron chi connectivity index (χ0n) is 13.7. The molecule has 0 spiro atoms. The van der Waals surface area contributed by atoms with Crippen LogP contribution in [0.15, 0.2) is 65.6 Å². The fourth-order valence-electron chi connectivity index (χ4n) is 2.96. The van der Waals surface area contributed by atoms with Crippen LogP contribution in [0.4, 0.5) is 0 Å². The Kier molecular flexibility index (Phi) is 5.21. The van der Waals surface area contributed by atoms with Gasteiger partial charge >= 0.3 is 0 Å². The molecule has 2 atom stereocenters. The minimum atomic E-state index is -3.73. The van der Waals surface area contributed by atoms with E-state index in [0.29, 0.717) is 6.54 Å². The van der Waals surface area contributed by atoms with Gasteiger partial charge in [0.2, 0.25) is 10.0 Å². The van der Waals surface area contributed by atoms with Crippen molar-refractivity contribution in [2.45, 2.75) is 23.1 Å². The van der Waals surface area contributed by atoms with E-state index < -0.39 is 21.7 Å². The molecule has 1 aliphatic heterocycles. The zero-order valence-corrected chi connectivity index (χ0v) is 14.6. The van der Waals surface area contributed by atoms with Gasteiger partial charge in [0, 0.05) is 26.2 Å². The number of rotatable bonds is 6. The third-order valence-corrected chi connectivity index (χ3v) is 6.26. The summed E-state index contributed by atoms with van der Waals surface area (Å²) in [7, 11) is -3.73. The molecule has 134 valence electrons. The number of aliphatic hydroxyl groups is 2. The summed E-state index contributed by atoms with van der Waals surface area (Å²) < 4.78 is 26.4. The molecule has 1 aliphatic rings. The summed E-state index contributed by atoms with van der Waals surface area (Å²) in [6, 6.07) is 17.7. The third kappa shape index (κ3) is 3.91. The molecule has 2 aromatic rings. The van der Waals surface area contributed by atoms with E-state index >= 15 is 0 Å². The maximum absolute atomic E-state index is 12.6. The van der Waals surface area contributed by atoms with Crippen LogP contribution < -0.4 is 5.32 Å². The topological polar surface area (TPSA) is 89.9 Å². The molecular formula is C18H22N2O4S. The van der Waals surface area contributed by atoms with Crippen LogP contribution in [0.2, 0.25) is 0 Å². The van der Waals surface area contributed by atoms with Gasteiger partial charge in [-0.2, -0.15) is 4.31 Å². The Balaban J connectivity index is 1.66. The van der Waals surface area contributed by atoms with Gasteiger partial charge in [0.25, 0.3) is 0 Å². The molecule has 3 N–H and O–H groups in total. The molecule has 0 bridgehead atoms. The van der Waals surface area contributed by atoms with E-state index in [-0.39, 0.29) is 24.5 Å². The predicted octanol–water partition coefficient (Wildman–Crippen LogP) is 0.573. The molecule has 25 heavy (non-hydrogen) atoms. The van der Waals surface area contributed by atoms with Crippen molar-refractivity contribution < 1.29 is 18.6 Å². The van der Waals surface area contributed by atoms with Crippen LogP contribution in [0.5, 0.6) is 0 Å². The molecule has 1 heterocycles. The number of hydrogen-bond donors (Lipinski definition) is 3. The van der Waals surface area contributed by atoms with Gasteiger partial charge < -0.3 is 15.5 Å². The minimum Gasteiger partial charge on any atom is -0.389 e. The standard InChI is InChI=1S/C18H22N2O4S/c21-17-12-20(25(23,24)16-9-5-2-6-10-16)14-18(17,22)13-19-11-15-7-3-1-4-8-15/h1-10,17,19,21-22H,11-14H2/t17-,18+/m1/s1. The maximum atomic E-state index is 12.6. The van der Waals surface area contributed by atoms with E-state index in [0.717, 1.165) is 9.87 Å².